The molecule has 0 fully saturated rings. The number of allylic oxidation sites excluding steroid dienone is 1. The van der Waals surface area contributed by atoms with E-state index in [1.54, 1.807) is 6.07 Å². The van der Waals surface area contributed by atoms with Gasteiger partial charge in [-0.2, -0.15) is 10.5 Å². The van der Waals surface area contributed by atoms with Crippen LogP contribution in [0.4, 0.5) is 5.69 Å². The van der Waals surface area contributed by atoms with Crippen molar-refractivity contribution in [3.63, 3.8) is 0 Å². The van der Waals surface area contributed by atoms with Gasteiger partial charge in [-0.3, -0.25) is 0 Å². The third kappa shape index (κ3) is 2.52. The summed E-state index contributed by atoms with van der Waals surface area (Å²) in [5, 5.41) is 34.9. The molecule has 0 unspecified atom stereocenters. The Balaban J connectivity index is 2.28. The van der Waals surface area contributed by atoms with Crippen LogP contribution in [0.25, 0.3) is 5.57 Å². The zero-order chi connectivity index (χ0) is 13.8. The number of phenols is 1. The quantitative estimate of drug-likeness (QED) is 0.567. The predicted octanol–water partition coefficient (Wildman–Crippen LogP) is 1.50. The minimum absolute atomic E-state index is 0.154. The third-order valence-corrected chi connectivity index (χ3v) is 2.78. The van der Waals surface area contributed by atoms with Crippen molar-refractivity contribution in [2.45, 2.75) is 13.8 Å². The van der Waals surface area contributed by atoms with Crippen LogP contribution in [-0.2, 0) is 0 Å². The van der Waals surface area contributed by atoms with E-state index in [0.29, 0.717) is 5.69 Å². The van der Waals surface area contributed by atoms with Crippen molar-refractivity contribution in [1.82, 2.24) is 20.6 Å². The number of benzene rings is 1. The fourth-order valence-electron chi connectivity index (χ4n) is 1.49. The van der Waals surface area contributed by atoms with Crippen molar-refractivity contribution in [2.24, 2.45) is 0 Å². The molecule has 0 aliphatic carbocycles. The molecule has 2 aromatic rings. The van der Waals surface area contributed by atoms with E-state index in [9.17, 15) is 5.11 Å². The molecule has 0 saturated heterocycles. The molecule has 19 heavy (non-hydrogen) atoms. The van der Waals surface area contributed by atoms with Crippen molar-refractivity contribution in [2.75, 3.05) is 5.32 Å². The largest absolute Gasteiger partial charge is 0.505 e. The number of aromatic amines is 1. The number of anilines is 1. The molecule has 0 aliphatic rings. The van der Waals surface area contributed by atoms with Gasteiger partial charge in [0.05, 0.1) is 5.69 Å². The number of aromatic hydroxyl groups is 1. The highest BCUT2D eigenvalue weighted by Gasteiger charge is 2.08. The van der Waals surface area contributed by atoms with Gasteiger partial charge in [-0.05, 0) is 36.3 Å². The maximum Gasteiger partial charge on any atom is 0.216 e. The number of nitrogens with zero attached hydrogens (tertiary/aromatic N) is 4. The molecule has 0 bridgehead atoms. The lowest BCUT2D eigenvalue weighted by Gasteiger charge is -2.09. The number of H-pyrrole nitrogens is 1. The van der Waals surface area contributed by atoms with E-state index in [2.05, 4.69) is 25.9 Å². The van der Waals surface area contributed by atoms with E-state index < -0.39 is 0 Å². The number of aromatic nitrogens is 4. The van der Waals surface area contributed by atoms with Crippen molar-refractivity contribution in [3.05, 3.63) is 35.3 Å². The molecular weight excluding hydrogens is 244 g/mol. The fourth-order valence-corrected chi connectivity index (χ4v) is 1.49. The molecule has 0 spiro atoms. The van der Waals surface area contributed by atoms with Gasteiger partial charge in [0.25, 0.3) is 0 Å². The van der Waals surface area contributed by atoms with Crippen molar-refractivity contribution >= 4 is 11.3 Å². The Kier molecular flexibility index (Phi) is 3.43. The number of rotatable bonds is 3. The van der Waals surface area contributed by atoms with E-state index >= 15 is 0 Å². The average molecular weight is 256 g/mol. The first-order chi connectivity index (χ1) is 9.13. The second kappa shape index (κ2) is 5.18. The van der Waals surface area contributed by atoms with Crippen LogP contribution in [0.15, 0.2) is 18.3 Å². The lowest BCUT2D eigenvalue weighted by molar-refractivity contribution is 0.473. The van der Waals surface area contributed by atoms with Gasteiger partial charge < -0.3 is 10.4 Å². The number of phenolic OH excluding ortho intramolecular Hbond substituents is 1. The minimum Gasteiger partial charge on any atom is -0.505 e. The van der Waals surface area contributed by atoms with Crippen LogP contribution >= 0.6 is 0 Å². The summed E-state index contributed by atoms with van der Waals surface area (Å²) in [6.07, 6.45) is 1.43. The topological polar surface area (TPSA) is 111 Å². The molecule has 1 aromatic carbocycles. The minimum atomic E-state index is 0.154. The van der Waals surface area contributed by atoms with Gasteiger partial charge in [0.2, 0.25) is 5.82 Å². The van der Waals surface area contributed by atoms with Crippen LogP contribution in [0.2, 0.25) is 0 Å². The molecular formula is C12H12N6O. The Labute approximate surface area is 109 Å². The van der Waals surface area contributed by atoms with Gasteiger partial charge >= 0.3 is 0 Å². The van der Waals surface area contributed by atoms with Gasteiger partial charge in [0.15, 0.2) is 0 Å². The SMILES string of the molecule is Cc1ccc(NC=C(C#N)c2nn[nH]n2)c(O)c1C. The van der Waals surface area contributed by atoms with E-state index in [1.807, 2.05) is 26.0 Å². The molecule has 0 atom stereocenters. The van der Waals surface area contributed by atoms with Crippen LogP contribution in [-0.4, -0.2) is 25.7 Å². The monoisotopic (exact) mass is 256 g/mol. The molecule has 0 radical (unpaired) electrons. The average Bonchev–Trinajstić information content (AvgIpc) is 2.93. The highest BCUT2D eigenvalue weighted by atomic mass is 16.3. The summed E-state index contributed by atoms with van der Waals surface area (Å²) in [5.74, 6) is 0.347. The van der Waals surface area contributed by atoms with Crippen LogP contribution in [0.3, 0.4) is 0 Å². The van der Waals surface area contributed by atoms with Crippen LogP contribution < -0.4 is 5.32 Å². The zero-order valence-electron chi connectivity index (χ0n) is 10.5. The number of aryl methyl sites for hydroxylation is 1. The maximum atomic E-state index is 9.97. The Morgan fingerprint density at radius 1 is 1.47 bits per heavy atom. The normalized spacial score (nSPS) is 11.1. The summed E-state index contributed by atoms with van der Waals surface area (Å²) in [5.41, 5.74) is 2.51. The molecule has 1 aromatic heterocycles. The Morgan fingerprint density at radius 2 is 2.26 bits per heavy atom. The standard InChI is InChI=1S/C12H12N6O/c1-7-3-4-10(11(19)8(7)2)14-6-9(5-13)12-15-17-18-16-12/h3-4,6,14,19H,1-2H3,(H,15,16,17,18). The molecule has 7 nitrogen and oxygen atoms in total. The van der Waals surface area contributed by atoms with Crippen molar-refractivity contribution < 1.29 is 5.11 Å². The molecule has 7 heteroatoms. The maximum absolute atomic E-state index is 9.97. The second-order valence-electron chi connectivity index (χ2n) is 3.95. The van der Waals surface area contributed by atoms with E-state index in [0.717, 1.165) is 11.1 Å². The van der Waals surface area contributed by atoms with Crippen LogP contribution in [0.5, 0.6) is 5.75 Å². The fraction of sp³-hybridized carbons (Fsp3) is 0.167. The van der Waals surface area contributed by atoms with Gasteiger partial charge in [0.1, 0.15) is 17.4 Å². The summed E-state index contributed by atoms with van der Waals surface area (Å²) < 4.78 is 0. The number of tetrazole rings is 1. The number of nitrogens with one attached hydrogen (secondary N) is 2. The Morgan fingerprint density at radius 3 is 2.89 bits per heavy atom. The predicted molar refractivity (Wildman–Crippen MR) is 69.0 cm³/mol. The molecule has 2 rings (SSSR count). The highest BCUT2D eigenvalue weighted by Crippen LogP contribution is 2.29. The first kappa shape index (κ1) is 12.6. The number of hydrogen-bond donors (Lipinski definition) is 3. The van der Waals surface area contributed by atoms with Gasteiger partial charge in [0, 0.05) is 6.20 Å². The summed E-state index contributed by atoms with van der Waals surface area (Å²) in [4.78, 5) is 0. The summed E-state index contributed by atoms with van der Waals surface area (Å²) in [7, 11) is 0. The van der Waals surface area contributed by atoms with Crippen molar-refractivity contribution in [3.8, 4) is 11.8 Å². The zero-order valence-corrected chi connectivity index (χ0v) is 10.5. The summed E-state index contributed by atoms with van der Waals surface area (Å²) in [6, 6.07) is 5.57. The highest BCUT2D eigenvalue weighted by molar-refractivity contribution is 5.75. The summed E-state index contributed by atoms with van der Waals surface area (Å²) >= 11 is 0. The Bertz CT molecular complexity index is 654. The number of nitriles is 1. The van der Waals surface area contributed by atoms with Gasteiger partial charge in [-0.25, -0.2) is 0 Å². The first-order valence-corrected chi connectivity index (χ1v) is 5.53. The third-order valence-electron chi connectivity index (χ3n) is 2.78. The van der Waals surface area contributed by atoms with E-state index in [-0.39, 0.29) is 17.1 Å². The number of hydrogen-bond acceptors (Lipinski definition) is 6. The van der Waals surface area contributed by atoms with E-state index in [4.69, 9.17) is 5.26 Å². The second-order valence-corrected chi connectivity index (χ2v) is 3.95. The molecule has 0 aliphatic heterocycles. The molecule has 96 valence electrons. The molecule has 3 N–H and O–H groups in total. The lowest BCUT2D eigenvalue weighted by atomic mass is 10.1. The van der Waals surface area contributed by atoms with Crippen molar-refractivity contribution in [1.29, 1.82) is 5.26 Å². The van der Waals surface area contributed by atoms with Crippen LogP contribution in [0.1, 0.15) is 17.0 Å². The molecule has 1 heterocycles. The smallest absolute Gasteiger partial charge is 0.216 e. The van der Waals surface area contributed by atoms with Gasteiger partial charge in [-0.1, -0.05) is 6.07 Å². The Hall–Kier alpha value is -2.88. The van der Waals surface area contributed by atoms with Crippen LogP contribution in [0, 0.1) is 25.2 Å². The summed E-state index contributed by atoms with van der Waals surface area (Å²) in [6.45, 7) is 3.73. The van der Waals surface area contributed by atoms with Gasteiger partial charge in [-0.15, -0.1) is 10.2 Å². The molecule has 0 amide bonds. The molecule has 0 saturated carbocycles. The lowest BCUT2D eigenvalue weighted by Crippen LogP contribution is -1.95. The van der Waals surface area contributed by atoms with E-state index in [1.165, 1.54) is 6.20 Å². The first-order valence-electron chi connectivity index (χ1n) is 5.53.